The Morgan fingerprint density at radius 3 is 2.74 bits per heavy atom. The van der Waals surface area contributed by atoms with E-state index in [9.17, 15) is 14.0 Å². The van der Waals surface area contributed by atoms with Crippen LogP contribution in [0.4, 0.5) is 4.39 Å². The Hall–Kier alpha value is -2.90. The summed E-state index contributed by atoms with van der Waals surface area (Å²) in [4.78, 5) is 31.4. The standard InChI is InChI=1S/C27H28ClFN2O3S/c1-18(2)15-30(27(33)19-6-5-7-20(28)14-19)16-26(32)31-12-10-25-21(11-13-35-25)23(31)17-34-24-9-4-3-8-22(24)29/h3-9,11,13-14,18,23H,10,12,15-17H2,1-2H3. The molecule has 5 nitrogen and oxygen atoms in total. The average Bonchev–Trinajstić information content (AvgIpc) is 3.31. The summed E-state index contributed by atoms with van der Waals surface area (Å²) in [7, 11) is 0. The molecule has 0 saturated heterocycles. The van der Waals surface area contributed by atoms with Gasteiger partial charge in [-0.1, -0.05) is 43.6 Å². The number of ether oxygens (including phenoxy) is 1. The highest BCUT2D eigenvalue weighted by molar-refractivity contribution is 7.10. The van der Waals surface area contributed by atoms with Crippen LogP contribution in [0.3, 0.4) is 0 Å². The Bertz CT molecular complexity index is 1200. The summed E-state index contributed by atoms with van der Waals surface area (Å²) in [5.74, 6) is -0.514. The maximum Gasteiger partial charge on any atom is 0.254 e. The van der Waals surface area contributed by atoms with Gasteiger partial charge in [0.2, 0.25) is 5.91 Å². The normalized spacial score (nSPS) is 15.1. The monoisotopic (exact) mass is 514 g/mol. The van der Waals surface area contributed by atoms with E-state index >= 15 is 0 Å². The van der Waals surface area contributed by atoms with Crippen LogP contribution in [0, 0.1) is 11.7 Å². The van der Waals surface area contributed by atoms with E-state index in [0.717, 1.165) is 12.0 Å². The van der Waals surface area contributed by atoms with Gasteiger partial charge in [0.1, 0.15) is 13.2 Å². The number of hydrogen-bond acceptors (Lipinski definition) is 4. The van der Waals surface area contributed by atoms with E-state index in [1.807, 2.05) is 25.3 Å². The molecule has 3 aromatic rings. The second kappa shape index (κ2) is 11.2. The number of nitrogens with zero attached hydrogens (tertiary/aromatic N) is 2. The topological polar surface area (TPSA) is 49.9 Å². The van der Waals surface area contributed by atoms with E-state index in [0.29, 0.717) is 23.7 Å². The zero-order valence-electron chi connectivity index (χ0n) is 19.7. The number of carbonyl (C=O) groups is 2. The maximum absolute atomic E-state index is 14.2. The van der Waals surface area contributed by atoms with Crippen LogP contribution in [-0.4, -0.2) is 47.9 Å². The summed E-state index contributed by atoms with van der Waals surface area (Å²) in [6.45, 7) is 5.03. The molecule has 1 aromatic heterocycles. The predicted octanol–water partition coefficient (Wildman–Crippen LogP) is 5.84. The van der Waals surface area contributed by atoms with Crippen molar-refractivity contribution in [1.29, 1.82) is 0 Å². The number of benzene rings is 2. The predicted molar refractivity (Wildman–Crippen MR) is 137 cm³/mol. The molecule has 0 spiro atoms. The lowest BCUT2D eigenvalue weighted by atomic mass is 10.00. The molecule has 1 aliphatic rings. The zero-order valence-corrected chi connectivity index (χ0v) is 21.3. The van der Waals surface area contributed by atoms with Crippen molar-refractivity contribution >= 4 is 34.8 Å². The van der Waals surface area contributed by atoms with Crippen molar-refractivity contribution < 1.29 is 18.7 Å². The number of rotatable bonds is 8. The van der Waals surface area contributed by atoms with E-state index in [2.05, 4.69) is 0 Å². The molecular weight excluding hydrogens is 487 g/mol. The number of halogens is 2. The highest BCUT2D eigenvalue weighted by Gasteiger charge is 2.34. The molecule has 35 heavy (non-hydrogen) atoms. The highest BCUT2D eigenvalue weighted by Crippen LogP contribution is 2.34. The molecule has 2 amide bonds. The summed E-state index contributed by atoms with van der Waals surface area (Å²) in [6.07, 6.45) is 0.737. The summed E-state index contributed by atoms with van der Waals surface area (Å²) in [5, 5.41) is 2.47. The number of para-hydroxylation sites is 1. The molecule has 0 aliphatic carbocycles. The van der Waals surface area contributed by atoms with Gasteiger partial charge in [-0.2, -0.15) is 0 Å². The second-order valence-corrected chi connectivity index (χ2v) is 10.4. The molecule has 2 heterocycles. The van der Waals surface area contributed by atoms with Crippen LogP contribution in [-0.2, 0) is 11.2 Å². The minimum Gasteiger partial charge on any atom is -0.488 e. The lowest BCUT2D eigenvalue weighted by Crippen LogP contribution is -2.48. The average molecular weight is 515 g/mol. The minimum absolute atomic E-state index is 0.0564. The van der Waals surface area contributed by atoms with E-state index in [4.69, 9.17) is 16.3 Å². The third-order valence-corrected chi connectivity index (χ3v) is 7.15. The van der Waals surface area contributed by atoms with Gasteiger partial charge in [-0.25, -0.2) is 4.39 Å². The van der Waals surface area contributed by atoms with E-state index in [1.165, 1.54) is 10.9 Å². The zero-order chi connectivity index (χ0) is 24.9. The Morgan fingerprint density at radius 1 is 1.20 bits per heavy atom. The second-order valence-electron chi connectivity index (χ2n) is 8.98. The third-order valence-electron chi connectivity index (χ3n) is 5.92. The summed E-state index contributed by atoms with van der Waals surface area (Å²) < 4.78 is 20.0. The molecule has 0 radical (unpaired) electrons. The number of fused-ring (bicyclic) bond motifs is 1. The Balaban J connectivity index is 1.55. The van der Waals surface area contributed by atoms with Gasteiger partial charge >= 0.3 is 0 Å². The summed E-state index contributed by atoms with van der Waals surface area (Å²) in [5.41, 5.74) is 1.46. The van der Waals surface area contributed by atoms with Crippen molar-refractivity contribution in [3.63, 3.8) is 0 Å². The van der Waals surface area contributed by atoms with Crippen LogP contribution in [0.15, 0.2) is 60.0 Å². The van der Waals surface area contributed by atoms with Gasteiger partial charge in [0, 0.05) is 28.6 Å². The van der Waals surface area contributed by atoms with Crippen LogP contribution in [0.2, 0.25) is 5.02 Å². The first-order valence-corrected chi connectivity index (χ1v) is 12.9. The number of hydrogen-bond donors (Lipinski definition) is 0. The van der Waals surface area contributed by atoms with Gasteiger partial charge in [-0.3, -0.25) is 9.59 Å². The number of amides is 2. The molecule has 184 valence electrons. The quantitative estimate of drug-likeness (QED) is 0.379. The lowest BCUT2D eigenvalue weighted by molar-refractivity contribution is -0.135. The third kappa shape index (κ3) is 6.03. The smallest absolute Gasteiger partial charge is 0.254 e. The first-order chi connectivity index (χ1) is 16.8. The molecular formula is C27H28ClFN2O3S. The van der Waals surface area contributed by atoms with Crippen molar-refractivity contribution in [2.45, 2.75) is 26.3 Å². The Labute approximate surface area is 214 Å². The van der Waals surface area contributed by atoms with Crippen LogP contribution in [0.5, 0.6) is 5.75 Å². The maximum atomic E-state index is 14.2. The molecule has 1 unspecified atom stereocenters. The van der Waals surface area contributed by atoms with Gasteiger partial charge in [0.05, 0.1) is 6.04 Å². The van der Waals surface area contributed by atoms with E-state index < -0.39 is 5.82 Å². The van der Waals surface area contributed by atoms with Gasteiger partial charge in [0.15, 0.2) is 11.6 Å². The van der Waals surface area contributed by atoms with Crippen molar-refractivity contribution in [3.05, 3.63) is 86.8 Å². The molecule has 4 rings (SSSR count). The van der Waals surface area contributed by atoms with Crippen molar-refractivity contribution in [2.24, 2.45) is 5.92 Å². The Kier molecular flexibility index (Phi) is 8.08. The molecule has 0 saturated carbocycles. The first-order valence-electron chi connectivity index (χ1n) is 11.6. The van der Waals surface area contributed by atoms with Crippen molar-refractivity contribution in [2.75, 3.05) is 26.2 Å². The van der Waals surface area contributed by atoms with Crippen molar-refractivity contribution in [3.8, 4) is 5.75 Å². The van der Waals surface area contributed by atoms with Crippen LogP contribution in [0.25, 0.3) is 0 Å². The SMILES string of the molecule is CC(C)CN(CC(=O)N1CCc2sccc2C1COc1ccccc1F)C(=O)c1cccc(Cl)c1. The van der Waals surface area contributed by atoms with Gasteiger partial charge in [-0.15, -0.1) is 11.3 Å². The molecule has 8 heteroatoms. The summed E-state index contributed by atoms with van der Waals surface area (Å²) >= 11 is 7.74. The number of carbonyl (C=O) groups excluding carboxylic acids is 2. The minimum atomic E-state index is -0.443. The van der Waals surface area contributed by atoms with Crippen molar-refractivity contribution in [1.82, 2.24) is 9.80 Å². The fourth-order valence-electron chi connectivity index (χ4n) is 4.32. The molecule has 0 fully saturated rings. The highest BCUT2D eigenvalue weighted by atomic mass is 35.5. The molecule has 1 aliphatic heterocycles. The fourth-order valence-corrected chi connectivity index (χ4v) is 5.44. The molecule has 0 bridgehead atoms. The van der Waals surface area contributed by atoms with Gasteiger partial charge in [-0.05, 0) is 59.7 Å². The molecule has 0 N–H and O–H groups in total. The van der Waals surface area contributed by atoms with Crippen LogP contribution in [0.1, 0.15) is 40.7 Å². The van der Waals surface area contributed by atoms with E-state index in [-0.39, 0.29) is 42.7 Å². The van der Waals surface area contributed by atoms with E-state index in [1.54, 1.807) is 63.6 Å². The fraction of sp³-hybridized carbons (Fsp3) is 0.333. The molecule has 1 atom stereocenters. The van der Waals surface area contributed by atoms with Crippen LogP contribution >= 0.6 is 22.9 Å². The number of thiophene rings is 1. The van der Waals surface area contributed by atoms with Gasteiger partial charge < -0.3 is 14.5 Å². The van der Waals surface area contributed by atoms with Crippen LogP contribution < -0.4 is 4.74 Å². The molecule has 2 aromatic carbocycles. The first kappa shape index (κ1) is 25.2. The Morgan fingerprint density at radius 2 is 2.00 bits per heavy atom. The van der Waals surface area contributed by atoms with Gasteiger partial charge in [0.25, 0.3) is 5.91 Å². The lowest BCUT2D eigenvalue weighted by Gasteiger charge is -2.37. The summed E-state index contributed by atoms with van der Waals surface area (Å²) in [6, 6.07) is 14.6. The largest absolute Gasteiger partial charge is 0.488 e.